The van der Waals surface area contributed by atoms with Crippen molar-refractivity contribution in [3.8, 4) is 0 Å². The number of nitrogens with two attached hydrogens (primary N) is 1. The fourth-order valence-corrected chi connectivity index (χ4v) is 0.622. The molecule has 0 rings (SSSR count). The van der Waals surface area contributed by atoms with Gasteiger partial charge in [0.1, 0.15) is 0 Å². The Bertz CT molecular complexity index is 108. The second-order valence-corrected chi connectivity index (χ2v) is 2.51. The molecule has 10 heavy (non-hydrogen) atoms. The third-order valence-corrected chi connectivity index (χ3v) is 1.69. The van der Waals surface area contributed by atoms with Gasteiger partial charge in [-0.05, 0) is 20.3 Å². The van der Waals surface area contributed by atoms with E-state index in [1.54, 1.807) is 0 Å². The van der Waals surface area contributed by atoms with Crippen molar-refractivity contribution < 1.29 is 0 Å². The van der Waals surface area contributed by atoms with Crippen molar-refractivity contribution in [2.24, 2.45) is 5.84 Å². The number of rotatable bonds is 4. The summed E-state index contributed by atoms with van der Waals surface area (Å²) in [5.41, 5.74) is 1.41. The average molecular weight is 142 g/mol. The highest BCUT2D eigenvalue weighted by atomic mass is 15.4. The van der Waals surface area contributed by atoms with Crippen LogP contribution in [0.5, 0.6) is 0 Å². The van der Waals surface area contributed by atoms with E-state index in [2.05, 4.69) is 26.8 Å². The molecule has 0 saturated heterocycles. The van der Waals surface area contributed by atoms with Gasteiger partial charge in [0.25, 0.3) is 0 Å². The standard InChI is InChI=1S/C8H18N2/c1-4-8(3)6-7-10(9)5-2/h4H,5-7,9H2,1-3H3/b8-4-. The largest absolute Gasteiger partial charge is 0.269 e. The molecule has 0 aromatic heterocycles. The van der Waals surface area contributed by atoms with E-state index in [1.165, 1.54) is 5.57 Å². The van der Waals surface area contributed by atoms with Gasteiger partial charge in [0.15, 0.2) is 0 Å². The molecule has 0 aliphatic heterocycles. The zero-order chi connectivity index (χ0) is 7.98. The Morgan fingerprint density at radius 2 is 2.20 bits per heavy atom. The summed E-state index contributed by atoms with van der Waals surface area (Å²) in [6.45, 7) is 8.14. The van der Waals surface area contributed by atoms with Crippen LogP contribution in [0.1, 0.15) is 27.2 Å². The van der Waals surface area contributed by atoms with Crippen molar-refractivity contribution in [2.45, 2.75) is 27.2 Å². The Balaban J connectivity index is 3.35. The summed E-state index contributed by atoms with van der Waals surface area (Å²) in [5.74, 6) is 5.58. The molecule has 0 amide bonds. The Morgan fingerprint density at radius 3 is 2.60 bits per heavy atom. The predicted molar refractivity (Wildman–Crippen MR) is 45.5 cm³/mol. The van der Waals surface area contributed by atoms with Crippen LogP contribution in [0.2, 0.25) is 0 Å². The van der Waals surface area contributed by atoms with Crippen molar-refractivity contribution in [3.63, 3.8) is 0 Å². The third kappa shape index (κ3) is 4.53. The molecular weight excluding hydrogens is 124 g/mol. The number of hydrogen-bond acceptors (Lipinski definition) is 2. The Labute approximate surface area is 63.7 Å². The molecule has 0 atom stereocenters. The lowest BCUT2D eigenvalue weighted by atomic mass is 10.2. The van der Waals surface area contributed by atoms with Gasteiger partial charge in [-0.3, -0.25) is 5.84 Å². The van der Waals surface area contributed by atoms with Gasteiger partial charge in [0.2, 0.25) is 0 Å². The molecule has 2 N–H and O–H groups in total. The Morgan fingerprint density at radius 1 is 1.60 bits per heavy atom. The first-order valence-corrected chi connectivity index (χ1v) is 3.82. The van der Waals surface area contributed by atoms with E-state index in [9.17, 15) is 0 Å². The molecule has 0 aromatic rings. The maximum atomic E-state index is 5.58. The monoisotopic (exact) mass is 142 g/mol. The van der Waals surface area contributed by atoms with Gasteiger partial charge in [-0.25, -0.2) is 5.01 Å². The number of nitrogens with zero attached hydrogens (tertiary/aromatic N) is 1. The Kier molecular flexibility index (Phi) is 5.26. The summed E-state index contributed by atoms with van der Waals surface area (Å²) < 4.78 is 0. The quantitative estimate of drug-likeness (QED) is 0.366. The SMILES string of the molecule is C/C=C(/C)CCN(N)CC. The van der Waals surface area contributed by atoms with E-state index < -0.39 is 0 Å². The molecule has 2 heteroatoms. The first kappa shape index (κ1) is 9.66. The summed E-state index contributed by atoms with van der Waals surface area (Å²) in [6.07, 6.45) is 3.21. The van der Waals surface area contributed by atoms with Crippen LogP contribution in [0.3, 0.4) is 0 Å². The smallest absolute Gasteiger partial charge is 0.0165 e. The molecule has 0 unspecified atom stereocenters. The fraction of sp³-hybridized carbons (Fsp3) is 0.750. The van der Waals surface area contributed by atoms with Gasteiger partial charge < -0.3 is 0 Å². The maximum absolute atomic E-state index is 5.58. The van der Waals surface area contributed by atoms with E-state index in [-0.39, 0.29) is 0 Å². The molecule has 0 radical (unpaired) electrons. The lowest BCUT2D eigenvalue weighted by Crippen LogP contribution is -2.31. The maximum Gasteiger partial charge on any atom is 0.0165 e. The van der Waals surface area contributed by atoms with Gasteiger partial charge in [-0.2, -0.15) is 0 Å². The highest BCUT2D eigenvalue weighted by Gasteiger charge is 1.93. The molecule has 0 aliphatic carbocycles. The number of hydrogen-bond donors (Lipinski definition) is 1. The van der Waals surface area contributed by atoms with E-state index in [4.69, 9.17) is 5.84 Å². The van der Waals surface area contributed by atoms with Crippen molar-refractivity contribution in [1.29, 1.82) is 0 Å². The minimum Gasteiger partial charge on any atom is -0.269 e. The first-order chi connectivity index (χ1) is 4.70. The topological polar surface area (TPSA) is 29.3 Å². The van der Waals surface area contributed by atoms with Crippen LogP contribution in [0.4, 0.5) is 0 Å². The van der Waals surface area contributed by atoms with Crippen molar-refractivity contribution in [3.05, 3.63) is 11.6 Å². The average Bonchev–Trinajstić information content (AvgIpc) is 1.99. The highest BCUT2D eigenvalue weighted by Crippen LogP contribution is 1.98. The van der Waals surface area contributed by atoms with Gasteiger partial charge in [0, 0.05) is 13.1 Å². The molecule has 0 aromatic carbocycles. The van der Waals surface area contributed by atoms with E-state index in [0.29, 0.717) is 0 Å². The molecule has 0 fully saturated rings. The molecular formula is C8H18N2. The van der Waals surface area contributed by atoms with E-state index in [1.807, 2.05) is 5.01 Å². The number of allylic oxidation sites excluding steroid dienone is 1. The van der Waals surface area contributed by atoms with Gasteiger partial charge in [0.05, 0.1) is 0 Å². The van der Waals surface area contributed by atoms with Crippen molar-refractivity contribution in [2.75, 3.05) is 13.1 Å². The van der Waals surface area contributed by atoms with Crippen molar-refractivity contribution in [1.82, 2.24) is 5.01 Å². The van der Waals surface area contributed by atoms with Gasteiger partial charge >= 0.3 is 0 Å². The second kappa shape index (κ2) is 5.45. The van der Waals surface area contributed by atoms with Crippen LogP contribution in [0, 0.1) is 0 Å². The minimum atomic E-state index is 0.928. The summed E-state index contributed by atoms with van der Waals surface area (Å²) in [5, 5.41) is 1.83. The molecule has 0 bridgehead atoms. The molecule has 0 aliphatic rings. The second-order valence-electron chi connectivity index (χ2n) is 2.51. The lowest BCUT2D eigenvalue weighted by Gasteiger charge is -2.12. The normalized spacial score (nSPS) is 12.7. The number of hydrazine groups is 1. The van der Waals surface area contributed by atoms with Crippen LogP contribution in [-0.2, 0) is 0 Å². The lowest BCUT2D eigenvalue weighted by molar-refractivity contribution is 0.303. The van der Waals surface area contributed by atoms with Crippen LogP contribution in [-0.4, -0.2) is 18.1 Å². The molecule has 0 spiro atoms. The molecule has 0 heterocycles. The molecule has 0 saturated carbocycles. The summed E-state index contributed by atoms with van der Waals surface area (Å²) in [4.78, 5) is 0. The molecule has 2 nitrogen and oxygen atoms in total. The van der Waals surface area contributed by atoms with Crippen LogP contribution in [0.25, 0.3) is 0 Å². The van der Waals surface area contributed by atoms with Crippen LogP contribution in [0.15, 0.2) is 11.6 Å². The zero-order valence-corrected chi connectivity index (χ0v) is 7.22. The molecule has 60 valence electrons. The minimum absolute atomic E-state index is 0.928. The van der Waals surface area contributed by atoms with Crippen LogP contribution >= 0.6 is 0 Å². The summed E-state index contributed by atoms with van der Waals surface area (Å²) >= 11 is 0. The summed E-state index contributed by atoms with van der Waals surface area (Å²) in [7, 11) is 0. The third-order valence-electron chi connectivity index (χ3n) is 1.69. The first-order valence-electron chi connectivity index (χ1n) is 3.82. The van der Waals surface area contributed by atoms with Crippen LogP contribution < -0.4 is 5.84 Å². The van der Waals surface area contributed by atoms with Gasteiger partial charge in [-0.1, -0.05) is 18.6 Å². The highest BCUT2D eigenvalue weighted by molar-refractivity contribution is 4.95. The summed E-state index contributed by atoms with van der Waals surface area (Å²) in [6, 6.07) is 0. The van der Waals surface area contributed by atoms with E-state index in [0.717, 1.165) is 19.5 Å². The Hall–Kier alpha value is -0.340. The fourth-order valence-electron chi connectivity index (χ4n) is 0.622. The van der Waals surface area contributed by atoms with E-state index >= 15 is 0 Å². The zero-order valence-electron chi connectivity index (χ0n) is 7.22. The van der Waals surface area contributed by atoms with Gasteiger partial charge in [-0.15, -0.1) is 0 Å². The van der Waals surface area contributed by atoms with Crippen molar-refractivity contribution >= 4 is 0 Å². The predicted octanol–water partition coefficient (Wildman–Crippen LogP) is 1.54.